The predicted molar refractivity (Wildman–Crippen MR) is 115 cm³/mol. The maximum Gasteiger partial charge on any atom is 0.338 e. The van der Waals surface area contributed by atoms with Gasteiger partial charge in [0.25, 0.3) is 0 Å². The molecule has 1 aliphatic heterocycles. The zero-order valence-electron chi connectivity index (χ0n) is 16.6. The predicted octanol–water partition coefficient (Wildman–Crippen LogP) is 3.95. The van der Waals surface area contributed by atoms with Crippen molar-refractivity contribution in [1.29, 1.82) is 0 Å². The van der Waals surface area contributed by atoms with Gasteiger partial charge in [-0.05, 0) is 49.4 Å². The summed E-state index contributed by atoms with van der Waals surface area (Å²) in [5.74, 6) is -2.51. The molecule has 0 bridgehead atoms. The summed E-state index contributed by atoms with van der Waals surface area (Å²) in [7, 11) is 0. The van der Waals surface area contributed by atoms with Gasteiger partial charge in [0, 0.05) is 29.2 Å². The lowest BCUT2D eigenvalue weighted by molar-refractivity contribution is -0.147. The standard InChI is InChI=1S/C22H19Cl2NO6/c1-2-30-21(28)13-3-6-16(7-4-13)25-11-14(9-20(25)27)22(29)31-12-19(26)17-8-5-15(23)10-18(17)24/h3-8,10,14H,2,9,11-12H2,1H3/t14-/m1/s1. The summed E-state index contributed by atoms with van der Waals surface area (Å²) in [4.78, 5) is 50.2. The number of halogens is 2. The normalized spacial score (nSPS) is 15.6. The van der Waals surface area contributed by atoms with E-state index in [1.54, 1.807) is 31.2 Å². The van der Waals surface area contributed by atoms with Crippen LogP contribution in [0.1, 0.15) is 34.1 Å². The van der Waals surface area contributed by atoms with Crippen molar-refractivity contribution in [3.8, 4) is 0 Å². The maximum atomic E-state index is 12.4. The third-order valence-electron chi connectivity index (χ3n) is 4.73. The second kappa shape index (κ2) is 9.94. The Morgan fingerprint density at radius 3 is 2.42 bits per heavy atom. The molecule has 1 heterocycles. The first-order chi connectivity index (χ1) is 14.8. The Balaban J connectivity index is 1.58. The van der Waals surface area contributed by atoms with Gasteiger partial charge in [0.1, 0.15) is 0 Å². The number of carbonyl (C=O) groups is 4. The highest BCUT2D eigenvalue weighted by Crippen LogP contribution is 2.27. The number of carbonyl (C=O) groups excluding carboxylic acids is 4. The van der Waals surface area contributed by atoms with Crippen molar-refractivity contribution in [2.45, 2.75) is 13.3 Å². The largest absolute Gasteiger partial charge is 0.462 e. The average molecular weight is 464 g/mol. The van der Waals surface area contributed by atoms with Crippen LogP contribution in [0.15, 0.2) is 42.5 Å². The van der Waals surface area contributed by atoms with Gasteiger partial charge in [0.15, 0.2) is 6.61 Å². The smallest absolute Gasteiger partial charge is 0.338 e. The van der Waals surface area contributed by atoms with E-state index in [0.29, 0.717) is 16.3 Å². The first-order valence-electron chi connectivity index (χ1n) is 9.52. The van der Waals surface area contributed by atoms with E-state index in [1.807, 2.05) is 0 Å². The average Bonchev–Trinajstić information content (AvgIpc) is 3.14. The highest BCUT2D eigenvalue weighted by Gasteiger charge is 2.36. The quantitative estimate of drug-likeness (QED) is 0.456. The molecule has 31 heavy (non-hydrogen) atoms. The van der Waals surface area contributed by atoms with Gasteiger partial charge in [-0.1, -0.05) is 23.2 Å². The van der Waals surface area contributed by atoms with Crippen LogP contribution in [0.25, 0.3) is 0 Å². The molecule has 0 N–H and O–H groups in total. The molecule has 162 valence electrons. The Labute approximate surface area is 188 Å². The van der Waals surface area contributed by atoms with Crippen molar-refractivity contribution in [3.05, 3.63) is 63.6 Å². The summed E-state index contributed by atoms with van der Waals surface area (Å²) >= 11 is 11.8. The number of nitrogens with zero attached hydrogens (tertiary/aromatic N) is 1. The minimum Gasteiger partial charge on any atom is -0.462 e. The second-order valence-electron chi connectivity index (χ2n) is 6.83. The van der Waals surface area contributed by atoms with Crippen molar-refractivity contribution < 1.29 is 28.7 Å². The van der Waals surface area contributed by atoms with Crippen LogP contribution in [0.4, 0.5) is 5.69 Å². The summed E-state index contributed by atoms with van der Waals surface area (Å²) in [6.45, 7) is 1.61. The van der Waals surface area contributed by atoms with Crippen molar-refractivity contribution in [2.75, 3.05) is 24.7 Å². The van der Waals surface area contributed by atoms with Crippen LogP contribution in [-0.2, 0) is 19.1 Å². The zero-order chi connectivity index (χ0) is 22.5. The fourth-order valence-corrected chi connectivity index (χ4v) is 3.67. The topological polar surface area (TPSA) is 90.0 Å². The molecule has 2 aromatic carbocycles. The summed E-state index contributed by atoms with van der Waals surface area (Å²) in [6, 6.07) is 10.7. The molecule has 1 fully saturated rings. The molecule has 7 nitrogen and oxygen atoms in total. The molecule has 9 heteroatoms. The number of hydrogen-bond donors (Lipinski definition) is 0. The van der Waals surface area contributed by atoms with Gasteiger partial charge in [0.2, 0.25) is 11.7 Å². The number of ketones is 1. The van der Waals surface area contributed by atoms with Crippen LogP contribution in [0.3, 0.4) is 0 Å². The SMILES string of the molecule is CCOC(=O)c1ccc(N2C[C@H](C(=O)OCC(=O)c3ccc(Cl)cc3Cl)CC2=O)cc1. The van der Waals surface area contributed by atoms with Crippen molar-refractivity contribution in [1.82, 2.24) is 0 Å². The zero-order valence-corrected chi connectivity index (χ0v) is 18.1. The Hall–Kier alpha value is -2.90. The Morgan fingerprint density at radius 2 is 1.77 bits per heavy atom. The van der Waals surface area contributed by atoms with Gasteiger partial charge < -0.3 is 14.4 Å². The number of benzene rings is 2. The molecule has 2 aromatic rings. The van der Waals surface area contributed by atoms with Gasteiger partial charge in [-0.3, -0.25) is 14.4 Å². The highest BCUT2D eigenvalue weighted by molar-refractivity contribution is 6.36. The van der Waals surface area contributed by atoms with E-state index in [9.17, 15) is 19.2 Å². The van der Waals surface area contributed by atoms with E-state index in [4.69, 9.17) is 32.7 Å². The number of anilines is 1. The number of rotatable bonds is 7. The molecular weight excluding hydrogens is 445 g/mol. The third kappa shape index (κ3) is 5.42. The third-order valence-corrected chi connectivity index (χ3v) is 5.27. The summed E-state index contributed by atoms with van der Waals surface area (Å²) in [5, 5.41) is 0.556. The minimum absolute atomic E-state index is 0.0334. The Morgan fingerprint density at radius 1 is 1.06 bits per heavy atom. The summed E-state index contributed by atoms with van der Waals surface area (Å²) in [6.07, 6.45) is -0.0334. The molecule has 0 spiro atoms. The lowest BCUT2D eigenvalue weighted by atomic mass is 10.1. The fraction of sp³-hybridized carbons (Fsp3) is 0.273. The number of esters is 2. The highest BCUT2D eigenvalue weighted by atomic mass is 35.5. The van der Waals surface area contributed by atoms with Gasteiger partial charge in [-0.15, -0.1) is 0 Å². The molecule has 0 saturated carbocycles. The van der Waals surface area contributed by atoms with E-state index in [1.165, 1.54) is 23.1 Å². The molecule has 1 aliphatic rings. The molecule has 0 aliphatic carbocycles. The van der Waals surface area contributed by atoms with Crippen molar-refractivity contribution in [2.24, 2.45) is 5.92 Å². The lowest BCUT2D eigenvalue weighted by Crippen LogP contribution is -2.27. The molecule has 1 saturated heterocycles. The number of amides is 1. The number of ether oxygens (including phenoxy) is 2. The van der Waals surface area contributed by atoms with Gasteiger partial charge >= 0.3 is 11.9 Å². The maximum absolute atomic E-state index is 12.4. The fourth-order valence-electron chi connectivity index (χ4n) is 3.15. The minimum atomic E-state index is -0.703. The molecule has 0 aromatic heterocycles. The molecule has 0 radical (unpaired) electrons. The van der Waals surface area contributed by atoms with Gasteiger partial charge in [-0.2, -0.15) is 0 Å². The van der Waals surface area contributed by atoms with E-state index >= 15 is 0 Å². The Kier molecular flexibility index (Phi) is 7.30. The Bertz CT molecular complexity index is 1020. The van der Waals surface area contributed by atoms with Gasteiger partial charge in [0.05, 0.1) is 23.1 Å². The van der Waals surface area contributed by atoms with E-state index in [-0.39, 0.29) is 36.1 Å². The van der Waals surface area contributed by atoms with Crippen molar-refractivity contribution in [3.63, 3.8) is 0 Å². The summed E-state index contributed by atoms with van der Waals surface area (Å²) < 4.78 is 10.0. The van der Waals surface area contributed by atoms with Crippen molar-refractivity contribution >= 4 is 52.5 Å². The van der Waals surface area contributed by atoms with E-state index < -0.39 is 30.2 Å². The molecule has 3 rings (SSSR count). The van der Waals surface area contributed by atoms with Crippen LogP contribution >= 0.6 is 23.2 Å². The van der Waals surface area contributed by atoms with E-state index in [0.717, 1.165) is 0 Å². The van der Waals surface area contributed by atoms with Crippen LogP contribution in [0, 0.1) is 5.92 Å². The molecule has 1 atom stereocenters. The lowest BCUT2D eigenvalue weighted by Gasteiger charge is -2.17. The van der Waals surface area contributed by atoms with Crippen LogP contribution in [-0.4, -0.2) is 43.4 Å². The first kappa shape index (κ1) is 22.8. The second-order valence-corrected chi connectivity index (χ2v) is 7.67. The summed E-state index contributed by atoms with van der Waals surface area (Å²) in [5.41, 5.74) is 1.12. The van der Waals surface area contributed by atoms with E-state index in [2.05, 4.69) is 0 Å². The number of Topliss-reactive ketones (excluding diaryl/α,β-unsaturated/α-hetero) is 1. The molecule has 1 amide bonds. The number of hydrogen-bond acceptors (Lipinski definition) is 6. The van der Waals surface area contributed by atoms with Crippen LogP contribution < -0.4 is 4.90 Å². The van der Waals surface area contributed by atoms with Gasteiger partial charge in [-0.25, -0.2) is 4.79 Å². The van der Waals surface area contributed by atoms with Crippen LogP contribution in [0.2, 0.25) is 10.0 Å². The van der Waals surface area contributed by atoms with Crippen LogP contribution in [0.5, 0.6) is 0 Å². The molecule has 0 unspecified atom stereocenters. The molecular formula is C22H19Cl2NO6. The first-order valence-corrected chi connectivity index (χ1v) is 10.3. The monoisotopic (exact) mass is 463 g/mol.